The summed E-state index contributed by atoms with van der Waals surface area (Å²) in [4.78, 5) is 20.4. The van der Waals surface area contributed by atoms with Crippen LogP contribution in [0, 0.1) is 0 Å². The van der Waals surface area contributed by atoms with Crippen LogP contribution in [-0.2, 0) is 29.2 Å². The number of rotatable bonds is 7. The molecule has 1 N–H and O–H groups in total. The average molecular weight is 632 g/mol. The van der Waals surface area contributed by atoms with E-state index in [1.54, 1.807) is 24.1 Å². The summed E-state index contributed by atoms with van der Waals surface area (Å²) >= 11 is 0. The molecule has 1 spiro atoms. The number of phenolic OH excluding ortho intramolecular Hbond substituents is 1. The smallest absolute Gasteiger partial charge is 0.416 e. The third-order valence-electron chi connectivity index (χ3n) is 11.3. The van der Waals surface area contributed by atoms with Crippen molar-refractivity contribution in [1.29, 1.82) is 0 Å². The molecule has 0 radical (unpaired) electrons. The van der Waals surface area contributed by atoms with E-state index >= 15 is 0 Å². The van der Waals surface area contributed by atoms with Crippen molar-refractivity contribution >= 4 is 12.0 Å². The van der Waals surface area contributed by atoms with Crippen molar-refractivity contribution in [2.75, 3.05) is 34.2 Å². The van der Waals surface area contributed by atoms with E-state index in [-0.39, 0.29) is 35.4 Å². The number of likely N-dealkylation sites (tertiary alicyclic amines) is 1. The van der Waals surface area contributed by atoms with E-state index in [2.05, 4.69) is 48.2 Å². The Labute approximate surface area is 268 Å². The molecule has 46 heavy (non-hydrogen) atoms. The van der Waals surface area contributed by atoms with Crippen molar-refractivity contribution in [2.45, 2.75) is 67.4 Å². The summed E-state index contributed by atoms with van der Waals surface area (Å²) in [5.74, 6) is 0.363. The Morgan fingerprint density at radius 2 is 1.85 bits per heavy atom. The molecular formula is C37H40F3N3O3. The molecule has 2 aliphatic heterocycles. The monoisotopic (exact) mass is 631 g/mol. The van der Waals surface area contributed by atoms with Gasteiger partial charge in [-0.1, -0.05) is 48.5 Å². The molecule has 9 heteroatoms. The van der Waals surface area contributed by atoms with Gasteiger partial charge in [0.1, 0.15) is 6.10 Å². The van der Waals surface area contributed by atoms with E-state index < -0.39 is 17.2 Å². The molecule has 242 valence electrons. The van der Waals surface area contributed by atoms with Crippen LogP contribution in [0.1, 0.15) is 47.1 Å². The van der Waals surface area contributed by atoms with Crippen molar-refractivity contribution in [3.05, 3.63) is 101 Å². The van der Waals surface area contributed by atoms with Gasteiger partial charge in [0.05, 0.1) is 17.0 Å². The lowest BCUT2D eigenvalue weighted by Gasteiger charge is -2.69. The SMILES string of the molecule is CN(C(=O)C=Cc1cccc(C(F)(F)F)c1)[C@@H]1CC[C@@]2(N(C)C)[C@H]3Cc4ccc(O)c5c4[C@@]2(CCN3CCc2ccccc2)[C@H]1O5. The molecule has 3 aromatic carbocycles. The Balaban J connectivity index is 1.23. The molecule has 1 saturated heterocycles. The molecule has 2 heterocycles. The van der Waals surface area contributed by atoms with E-state index in [0.717, 1.165) is 56.5 Å². The molecule has 2 aliphatic carbocycles. The van der Waals surface area contributed by atoms with E-state index in [1.807, 2.05) is 12.1 Å². The number of likely N-dealkylation sites (N-methyl/N-ethyl adjacent to an activating group) is 2. The molecule has 0 aromatic heterocycles. The van der Waals surface area contributed by atoms with E-state index in [1.165, 1.54) is 29.3 Å². The minimum Gasteiger partial charge on any atom is -0.504 e. The van der Waals surface area contributed by atoms with Gasteiger partial charge in [-0.3, -0.25) is 9.69 Å². The fourth-order valence-corrected chi connectivity index (χ4v) is 9.37. The second kappa shape index (κ2) is 11.2. The van der Waals surface area contributed by atoms with Crippen molar-refractivity contribution in [2.24, 2.45) is 0 Å². The molecule has 1 amide bonds. The number of aromatic hydroxyl groups is 1. The quantitative estimate of drug-likeness (QED) is 0.329. The first-order valence-electron chi connectivity index (χ1n) is 16.1. The number of alkyl halides is 3. The van der Waals surface area contributed by atoms with Gasteiger partial charge in [0.15, 0.2) is 11.5 Å². The number of hydrogen-bond donors (Lipinski definition) is 1. The van der Waals surface area contributed by atoms with Gasteiger partial charge in [0.2, 0.25) is 5.91 Å². The van der Waals surface area contributed by atoms with Crippen LogP contribution in [0.15, 0.2) is 72.8 Å². The van der Waals surface area contributed by atoms with Gasteiger partial charge in [-0.25, -0.2) is 0 Å². The maximum absolute atomic E-state index is 13.6. The molecule has 1 saturated carbocycles. The summed E-state index contributed by atoms with van der Waals surface area (Å²) in [5.41, 5.74) is 2.42. The average Bonchev–Trinajstić information content (AvgIpc) is 3.39. The number of piperidine rings is 1. The van der Waals surface area contributed by atoms with Crippen molar-refractivity contribution < 1.29 is 27.8 Å². The van der Waals surface area contributed by atoms with E-state index in [9.17, 15) is 23.1 Å². The maximum Gasteiger partial charge on any atom is 0.416 e. The van der Waals surface area contributed by atoms with Gasteiger partial charge < -0.3 is 19.6 Å². The number of phenols is 1. The molecule has 2 bridgehead atoms. The highest BCUT2D eigenvalue weighted by Crippen LogP contribution is 2.67. The maximum atomic E-state index is 13.6. The Morgan fingerprint density at radius 3 is 2.59 bits per heavy atom. The van der Waals surface area contributed by atoms with Crippen LogP contribution in [0.25, 0.3) is 6.08 Å². The number of amides is 1. The number of ether oxygens (including phenoxy) is 1. The molecule has 3 aromatic rings. The Kier molecular flexibility index (Phi) is 7.48. The number of carbonyl (C=O) groups is 1. The first-order chi connectivity index (χ1) is 22.0. The summed E-state index contributed by atoms with van der Waals surface area (Å²) in [6.07, 6.45) is 2.10. The molecule has 6 nitrogen and oxygen atoms in total. The number of halogens is 3. The van der Waals surface area contributed by atoms with Gasteiger partial charge in [0, 0.05) is 36.8 Å². The number of benzene rings is 3. The topological polar surface area (TPSA) is 56.2 Å². The van der Waals surface area contributed by atoms with Crippen LogP contribution in [-0.4, -0.2) is 83.7 Å². The van der Waals surface area contributed by atoms with Crippen LogP contribution >= 0.6 is 0 Å². The molecule has 5 atom stereocenters. The zero-order valence-corrected chi connectivity index (χ0v) is 26.4. The van der Waals surface area contributed by atoms with Gasteiger partial charge in [-0.2, -0.15) is 13.2 Å². The minimum absolute atomic E-state index is 0.123. The van der Waals surface area contributed by atoms with Crippen LogP contribution in [0.2, 0.25) is 0 Å². The number of nitrogens with zero attached hydrogens (tertiary/aromatic N) is 3. The van der Waals surface area contributed by atoms with Crippen LogP contribution in [0.4, 0.5) is 13.2 Å². The summed E-state index contributed by atoms with van der Waals surface area (Å²) in [7, 11) is 6.07. The van der Waals surface area contributed by atoms with Crippen molar-refractivity contribution in [3.8, 4) is 11.5 Å². The molecule has 2 fully saturated rings. The third-order valence-corrected chi connectivity index (χ3v) is 11.3. The lowest BCUT2D eigenvalue weighted by molar-refractivity contribution is -0.160. The minimum atomic E-state index is -4.46. The summed E-state index contributed by atoms with van der Waals surface area (Å²) in [6.45, 7) is 1.82. The standard InChI is InChI=1S/C37H40F3N3O3/c1-41(2)36-18-16-28(42(3)31(45)15-12-25-10-7-11-27(22-25)37(38,39)40)34-35(36)19-21-43(20-17-24-8-5-4-6-9-24)30(36)23-26-13-14-29(44)33(46-34)32(26)35/h4-15,22,28,30,34,44H,16-21,23H2,1-3H3/t28-,30-,34+,35+,36-/m1/s1. The molecule has 0 unspecified atom stereocenters. The van der Waals surface area contributed by atoms with Crippen molar-refractivity contribution in [1.82, 2.24) is 14.7 Å². The summed E-state index contributed by atoms with van der Waals surface area (Å²) < 4.78 is 46.6. The molecule has 4 aliphatic rings. The predicted molar refractivity (Wildman–Crippen MR) is 171 cm³/mol. The normalized spacial score (nSPS) is 28.3. The van der Waals surface area contributed by atoms with Gasteiger partial charge in [-0.15, -0.1) is 0 Å². The van der Waals surface area contributed by atoms with E-state index in [0.29, 0.717) is 17.7 Å². The molecular weight excluding hydrogens is 591 g/mol. The van der Waals surface area contributed by atoms with E-state index in [4.69, 9.17) is 4.74 Å². The fraction of sp³-hybridized carbons (Fsp3) is 0.432. The zero-order chi connectivity index (χ0) is 32.4. The van der Waals surface area contributed by atoms with Crippen LogP contribution in [0.3, 0.4) is 0 Å². The first kappa shape index (κ1) is 30.8. The Hall–Kier alpha value is -3.82. The Bertz CT molecular complexity index is 1680. The predicted octanol–water partition coefficient (Wildman–Crippen LogP) is 5.92. The summed E-state index contributed by atoms with van der Waals surface area (Å²) in [5, 5.41) is 11.1. The lowest BCUT2D eigenvalue weighted by atomic mass is 9.46. The number of hydrogen-bond acceptors (Lipinski definition) is 5. The van der Waals surface area contributed by atoms with Crippen LogP contribution in [0.5, 0.6) is 11.5 Å². The Morgan fingerprint density at radius 1 is 1.07 bits per heavy atom. The zero-order valence-electron chi connectivity index (χ0n) is 26.4. The van der Waals surface area contributed by atoms with Crippen LogP contribution < -0.4 is 4.74 Å². The second-order valence-electron chi connectivity index (χ2n) is 13.5. The second-order valence-corrected chi connectivity index (χ2v) is 13.5. The lowest BCUT2D eigenvalue weighted by Crippen LogP contribution is -2.82. The largest absolute Gasteiger partial charge is 0.504 e. The summed E-state index contributed by atoms with van der Waals surface area (Å²) in [6, 6.07) is 19.2. The van der Waals surface area contributed by atoms with Crippen molar-refractivity contribution in [3.63, 3.8) is 0 Å². The third kappa shape index (κ3) is 4.57. The first-order valence-corrected chi connectivity index (χ1v) is 16.1. The highest BCUT2D eigenvalue weighted by atomic mass is 19.4. The van der Waals surface area contributed by atoms with Gasteiger partial charge in [-0.05, 0) is 93.7 Å². The van der Waals surface area contributed by atoms with Gasteiger partial charge >= 0.3 is 6.18 Å². The highest BCUT2D eigenvalue weighted by molar-refractivity contribution is 5.92. The highest BCUT2D eigenvalue weighted by Gasteiger charge is 2.74. The molecule has 7 rings (SSSR count). The number of carbonyl (C=O) groups excluding carboxylic acids is 1. The van der Waals surface area contributed by atoms with Gasteiger partial charge in [0.25, 0.3) is 0 Å². The fourth-order valence-electron chi connectivity index (χ4n) is 9.37.